The van der Waals surface area contributed by atoms with E-state index >= 15 is 0 Å². The maximum absolute atomic E-state index is 13.0. The Labute approximate surface area is 196 Å². The first kappa shape index (κ1) is 24.0. The molecule has 7 nitrogen and oxygen atoms in total. The van der Waals surface area contributed by atoms with Crippen molar-refractivity contribution in [2.45, 2.75) is 39.3 Å². The van der Waals surface area contributed by atoms with E-state index in [-0.39, 0.29) is 30.4 Å². The van der Waals surface area contributed by atoms with Gasteiger partial charge >= 0.3 is 0 Å². The van der Waals surface area contributed by atoms with E-state index in [0.29, 0.717) is 6.42 Å². The molecule has 2 atom stereocenters. The van der Waals surface area contributed by atoms with Gasteiger partial charge in [0.25, 0.3) is 0 Å². The van der Waals surface area contributed by atoms with Crippen molar-refractivity contribution in [3.63, 3.8) is 0 Å². The van der Waals surface area contributed by atoms with E-state index in [2.05, 4.69) is 56.8 Å². The second-order valence-electron chi connectivity index (χ2n) is 8.55. The van der Waals surface area contributed by atoms with Crippen LogP contribution in [0.1, 0.15) is 48.2 Å². The van der Waals surface area contributed by atoms with Crippen LogP contribution in [-0.4, -0.2) is 61.2 Å². The fourth-order valence-electron chi connectivity index (χ4n) is 4.59. The van der Waals surface area contributed by atoms with Crippen LogP contribution in [-0.2, 0) is 11.8 Å². The molecule has 0 bridgehead atoms. The molecule has 3 aromatic rings. The Hall–Kier alpha value is -2.64. The van der Waals surface area contributed by atoms with Crippen molar-refractivity contribution in [3.05, 3.63) is 71.6 Å². The van der Waals surface area contributed by atoms with Crippen LogP contribution in [0, 0.1) is 13.8 Å². The first-order valence-electron chi connectivity index (χ1n) is 11.0. The number of piperazine rings is 1. The van der Waals surface area contributed by atoms with Crippen molar-refractivity contribution in [1.82, 2.24) is 29.1 Å². The molecule has 1 aliphatic rings. The largest absolute Gasteiger partial charge is 0.340 e. The molecule has 2 aromatic heterocycles. The van der Waals surface area contributed by atoms with Gasteiger partial charge in [0.2, 0.25) is 5.91 Å². The van der Waals surface area contributed by atoms with Gasteiger partial charge in [0.1, 0.15) is 5.82 Å². The molecule has 32 heavy (non-hydrogen) atoms. The third kappa shape index (κ3) is 5.05. The zero-order valence-corrected chi connectivity index (χ0v) is 20.1. The van der Waals surface area contributed by atoms with E-state index < -0.39 is 0 Å². The number of amides is 1. The summed E-state index contributed by atoms with van der Waals surface area (Å²) in [6, 6.07) is 12.7. The highest BCUT2D eigenvalue weighted by molar-refractivity contribution is 5.85. The van der Waals surface area contributed by atoms with Gasteiger partial charge in [-0.15, -0.1) is 12.4 Å². The number of carbonyl (C=O) groups excluding carboxylic acids is 1. The normalized spacial score (nSPS) is 16.4. The minimum atomic E-state index is 0. The van der Waals surface area contributed by atoms with Crippen molar-refractivity contribution in [3.8, 4) is 0 Å². The highest BCUT2D eigenvalue weighted by Gasteiger charge is 2.30. The van der Waals surface area contributed by atoms with Gasteiger partial charge in [-0.1, -0.05) is 30.3 Å². The van der Waals surface area contributed by atoms with E-state index in [1.807, 2.05) is 48.9 Å². The van der Waals surface area contributed by atoms with E-state index in [1.165, 1.54) is 5.56 Å². The summed E-state index contributed by atoms with van der Waals surface area (Å²) in [6.45, 7) is 9.22. The number of aryl methyl sites for hydroxylation is 3. The average Bonchev–Trinajstić information content (AvgIpc) is 3.34. The molecule has 1 amide bonds. The number of nitrogens with zero attached hydrogens (tertiary/aromatic N) is 6. The minimum absolute atomic E-state index is 0. The van der Waals surface area contributed by atoms with Gasteiger partial charge < -0.3 is 9.47 Å². The summed E-state index contributed by atoms with van der Waals surface area (Å²) in [4.78, 5) is 22.1. The van der Waals surface area contributed by atoms with E-state index in [0.717, 1.165) is 43.4 Å². The highest BCUT2D eigenvalue weighted by atomic mass is 35.5. The molecular formula is C24H33ClN6O. The number of imidazole rings is 1. The molecule has 8 heteroatoms. The number of benzene rings is 1. The molecule has 3 heterocycles. The summed E-state index contributed by atoms with van der Waals surface area (Å²) < 4.78 is 4.06. The molecule has 1 saturated heterocycles. The molecule has 0 aliphatic carbocycles. The zero-order chi connectivity index (χ0) is 22.0. The van der Waals surface area contributed by atoms with E-state index in [1.54, 1.807) is 0 Å². The van der Waals surface area contributed by atoms with Crippen LogP contribution in [0.25, 0.3) is 0 Å². The van der Waals surface area contributed by atoms with Gasteiger partial charge in [0.15, 0.2) is 0 Å². The van der Waals surface area contributed by atoms with Crippen LogP contribution in [0.2, 0.25) is 0 Å². The first-order chi connectivity index (χ1) is 14.9. The molecule has 172 valence electrons. The second-order valence-corrected chi connectivity index (χ2v) is 8.55. The van der Waals surface area contributed by atoms with Gasteiger partial charge in [0.05, 0.1) is 17.8 Å². The number of hydrogen-bond acceptors (Lipinski definition) is 4. The van der Waals surface area contributed by atoms with Crippen LogP contribution >= 0.6 is 12.4 Å². The first-order valence-corrected chi connectivity index (χ1v) is 11.0. The van der Waals surface area contributed by atoms with Gasteiger partial charge in [0, 0.05) is 57.7 Å². The quantitative estimate of drug-likeness (QED) is 0.569. The Bertz CT molecular complexity index is 1020. The summed E-state index contributed by atoms with van der Waals surface area (Å²) >= 11 is 0. The Morgan fingerprint density at radius 2 is 1.78 bits per heavy atom. The molecule has 0 N–H and O–H groups in total. The van der Waals surface area contributed by atoms with Crippen LogP contribution in [0.5, 0.6) is 0 Å². The van der Waals surface area contributed by atoms with Gasteiger partial charge in [-0.05, 0) is 32.4 Å². The number of halogens is 1. The summed E-state index contributed by atoms with van der Waals surface area (Å²) in [5.74, 6) is 1.23. The lowest BCUT2D eigenvalue weighted by Gasteiger charge is -2.39. The third-order valence-electron chi connectivity index (χ3n) is 6.18. The van der Waals surface area contributed by atoms with Crippen LogP contribution in [0.3, 0.4) is 0 Å². The summed E-state index contributed by atoms with van der Waals surface area (Å²) in [5.41, 5.74) is 3.32. The molecule has 0 spiro atoms. The zero-order valence-electron chi connectivity index (χ0n) is 19.3. The lowest BCUT2D eigenvalue weighted by atomic mass is 10.0. The summed E-state index contributed by atoms with van der Waals surface area (Å²) in [7, 11) is 2.04. The van der Waals surface area contributed by atoms with Crippen molar-refractivity contribution < 1.29 is 4.79 Å². The molecular weight excluding hydrogens is 424 g/mol. The van der Waals surface area contributed by atoms with Crippen LogP contribution in [0.15, 0.2) is 48.8 Å². The highest BCUT2D eigenvalue weighted by Crippen LogP contribution is 2.28. The van der Waals surface area contributed by atoms with Crippen molar-refractivity contribution >= 4 is 18.3 Å². The van der Waals surface area contributed by atoms with E-state index in [4.69, 9.17) is 0 Å². The van der Waals surface area contributed by atoms with Crippen LogP contribution < -0.4 is 0 Å². The van der Waals surface area contributed by atoms with Crippen LogP contribution in [0.4, 0.5) is 0 Å². The molecule has 0 radical (unpaired) electrons. The third-order valence-corrected chi connectivity index (χ3v) is 6.18. The predicted molar refractivity (Wildman–Crippen MR) is 128 cm³/mol. The van der Waals surface area contributed by atoms with Gasteiger partial charge in [-0.25, -0.2) is 4.98 Å². The SMILES string of the molecule is Cc1cc(C)n(C(C)CC(=O)N2CCN(C(c3ccccc3)c3nccn3C)CC2)n1.Cl. The number of carbonyl (C=O) groups is 1. The fourth-order valence-corrected chi connectivity index (χ4v) is 4.59. The maximum atomic E-state index is 13.0. The Morgan fingerprint density at radius 3 is 2.34 bits per heavy atom. The molecule has 2 unspecified atom stereocenters. The molecule has 4 rings (SSSR count). The molecule has 1 aromatic carbocycles. The lowest BCUT2D eigenvalue weighted by molar-refractivity contribution is -0.134. The van der Waals surface area contributed by atoms with Crippen molar-refractivity contribution in [2.75, 3.05) is 26.2 Å². The number of aromatic nitrogens is 4. The smallest absolute Gasteiger partial charge is 0.224 e. The molecule has 1 aliphatic heterocycles. The summed E-state index contributed by atoms with van der Waals surface area (Å²) in [6.07, 6.45) is 4.32. The predicted octanol–water partition coefficient (Wildman–Crippen LogP) is 3.54. The fraction of sp³-hybridized carbons (Fsp3) is 0.458. The lowest BCUT2D eigenvalue weighted by Crippen LogP contribution is -2.50. The van der Waals surface area contributed by atoms with Crippen molar-refractivity contribution in [2.24, 2.45) is 7.05 Å². The van der Waals surface area contributed by atoms with Gasteiger partial charge in [-0.3, -0.25) is 14.4 Å². The number of rotatable bonds is 6. The van der Waals surface area contributed by atoms with Crippen molar-refractivity contribution in [1.29, 1.82) is 0 Å². The minimum Gasteiger partial charge on any atom is -0.340 e. The Balaban J connectivity index is 0.00000289. The monoisotopic (exact) mass is 456 g/mol. The topological polar surface area (TPSA) is 59.2 Å². The standard InChI is InChI=1S/C24H32N6O.ClH/c1-18-16-19(2)30(26-18)20(3)17-22(31)28-12-14-29(15-13-28)23(21-8-6-5-7-9-21)24-25-10-11-27(24)4;/h5-11,16,20,23H,12-15,17H2,1-4H3;1H. The van der Waals surface area contributed by atoms with Gasteiger partial charge in [-0.2, -0.15) is 5.10 Å². The maximum Gasteiger partial charge on any atom is 0.224 e. The summed E-state index contributed by atoms with van der Waals surface area (Å²) in [5, 5.41) is 4.54. The Kier molecular flexibility index (Phi) is 7.74. The van der Waals surface area contributed by atoms with E-state index in [9.17, 15) is 4.79 Å². The average molecular weight is 457 g/mol. The Morgan fingerprint density at radius 1 is 1.09 bits per heavy atom. The second kappa shape index (κ2) is 10.3. The number of hydrogen-bond donors (Lipinski definition) is 0. The molecule has 0 saturated carbocycles. The molecule has 1 fully saturated rings.